The van der Waals surface area contributed by atoms with Crippen LogP contribution in [0.3, 0.4) is 0 Å². The van der Waals surface area contributed by atoms with Crippen LogP contribution in [0.4, 0.5) is 26.7 Å². The quantitative estimate of drug-likeness (QED) is 0.571. The Hall–Kier alpha value is -3.97. The van der Waals surface area contributed by atoms with Gasteiger partial charge >= 0.3 is 12.1 Å². The number of aliphatic imine (C=N–C) groups is 1. The summed E-state index contributed by atoms with van der Waals surface area (Å²) < 4.78 is 5.60. The van der Waals surface area contributed by atoms with Gasteiger partial charge in [0.25, 0.3) is 0 Å². The van der Waals surface area contributed by atoms with Crippen molar-refractivity contribution >= 4 is 35.0 Å². The molecule has 2 heterocycles. The number of amides is 4. The first-order valence-corrected chi connectivity index (χ1v) is 11.2. The first-order valence-electron chi connectivity index (χ1n) is 11.2. The minimum Gasteiger partial charge on any atom is -0.375 e. The van der Waals surface area contributed by atoms with Crippen LogP contribution in [0.5, 0.6) is 0 Å². The number of nitrogens with one attached hydrogen (secondary N) is 1. The van der Waals surface area contributed by atoms with Crippen LogP contribution in [-0.4, -0.2) is 36.7 Å². The minimum atomic E-state index is -0.859. The molecule has 7 nitrogen and oxygen atoms in total. The molecule has 0 aliphatic carbocycles. The summed E-state index contributed by atoms with van der Waals surface area (Å²) in [6, 6.07) is 22.0. The number of benzene rings is 3. The molecule has 7 heteroatoms. The largest absolute Gasteiger partial charge is 0.375 e. The minimum absolute atomic E-state index is 0.256. The van der Waals surface area contributed by atoms with Gasteiger partial charge in [0.05, 0.1) is 18.9 Å². The van der Waals surface area contributed by atoms with E-state index in [1.165, 1.54) is 4.90 Å². The van der Waals surface area contributed by atoms with Gasteiger partial charge in [0, 0.05) is 11.4 Å². The highest BCUT2D eigenvalue weighted by Gasteiger charge is 2.61. The molecule has 2 aliphatic heterocycles. The highest BCUT2D eigenvalue weighted by Crippen LogP contribution is 2.41. The molecule has 0 bridgehead atoms. The molecule has 0 saturated carbocycles. The fourth-order valence-corrected chi connectivity index (χ4v) is 4.25. The number of nitrogens with zero attached hydrogens (tertiary/aromatic N) is 3. The van der Waals surface area contributed by atoms with Gasteiger partial charge in [0.15, 0.2) is 11.4 Å². The maximum absolute atomic E-state index is 13.9. The van der Waals surface area contributed by atoms with E-state index >= 15 is 0 Å². The molecule has 172 valence electrons. The third kappa shape index (κ3) is 3.74. The Balaban J connectivity index is 1.59. The van der Waals surface area contributed by atoms with Crippen LogP contribution >= 0.6 is 0 Å². The second-order valence-electron chi connectivity index (χ2n) is 8.88. The topological polar surface area (TPSA) is 74.2 Å². The van der Waals surface area contributed by atoms with E-state index < -0.39 is 11.6 Å². The van der Waals surface area contributed by atoms with Crippen molar-refractivity contribution < 1.29 is 14.3 Å². The van der Waals surface area contributed by atoms with Crippen molar-refractivity contribution in [1.82, 2.24) is 0 Å². The normalized spacial score (nSPS) is 17.9. The molecule has 2 saturated heterocycles. The molecule has 3 aromatic carbocycles. The number of aryl methyl sites for hydroxylation is 3. The van der Waals surface area contributed by atoms with Crippen LogP contribution in [0.15, 0.2) is 77.8 Å². The van der Waals surface area contributed by atoms with E-state index in [4.69, 9.17) is 4.74 Å². The van der Waals surface area contributed by atoms with Crippen molar-refractivity contribution in [2.24, 2.45) is 4.99 Å². The zero-order valence-electron chi connectivity index (χ0n) is 19.4. The SMILES string of the molecule is Cc1ccc(NC(=O)/N=C2\N(c3ccc(C)cc3)C(=O)N(c3ccc(C)cc3)C23COC3)cc1. The lowest BCUT2D eigenvalue weighted by Crippen LogP contribution is -2.64. The van der Waals surface area contributed by atoms with Crippen molar-refractivity contribution in [3.05, 3.63) is 89.5 Å². The van der Waals surface area contributed by atoms with E-state index in [9.17, 15) is 9.59 Å². The molecule has 2 aliphatic rings. The van der Waals surface area contributed by atoms with E-state index in [0.717, 1.165) is 22.4 Å². The van der Waals surface area contributed by atoms with E-state index in [-0.39, 0.29) is 19.2 Å². The molecule has 5 rings (SSSR count). The molecule has 4 amide bonds. The van der Waals surface area contributed by atoms with E-state index in [2.05, 4.69) is 10.3 Å². The number of hydrogen-bond donors (Lipinski definition) is 1. The number of carbonyl (C=O) groups is 2. The van der Waals surface area contributed by atoms with Gasteiger partial charge < -0.3 is 10.1 Å². The Morgan fingerprint density at radius 3 is 1.82 bits per heavy atom. The summed E-state index contributed by atoms with van der Waals surface area (Å²) in [4.78, 5) is 34.5. The van der Waals surface area contributed by atoms with Crippen LogP contribution < -0.4 is 15.1 Å². The van der Waals surface area contributed by atoms with Crippen LogP contribution in [0.1, 0.15) is 16.7 Å². The first kappa shape index (κ1) is 21.9. The molecule has 2 fully saturated rings. The molecule has 1 spiro atoms. The van der Waals surface area contributed by atoms with Gasteiger partial charge in [-0.25, -0.2) is 14.5 Å². The molecular formula is C27H26N4O3. The van der Waals surface area contributed by atoms with Crippen molar-refractivity contribution in [3.63, 3.8) is 0 Å². The zero-order valence-corrected chi connectivity index (χ0v) is 19.4. The van der Waals surface area contributed by atoms with Crippen molar-refractivity contribution in [1.29, 1.82) is 0 Å². The Morgan fingerprint density at radius 2 is 1.32 bits per heavy atom. The van der Waals surface area contributed by atoms with Gasteiger partial charge in [-0.05, 0) is 57.2 Å². The molecule has 3 aromatic rings. The van der Waals surface area contributed by atoms with E-state index in [1.54, 1.807) is 4.90 Å². The lowest BCUT2D eigenvalue weighted by atomic mass is 9.93. The number of rotatable bonds is 3. The third-order valence-corrected chi connectivity index (χ3v) is 6.21. The summed E-state index contributed by atoms with van der Waals surface area (Å²) in [5.41, 5.74) is 4.43. The predicted molar refractivity (Wildman–Crippen MR) is 134 cm³/mol. The average molecular weight is 455 g/mol. The number of carbonyl (C=O) groups excluding carboxylic acids is 2. The Bertz CT molecular complexity index is 1260. The highest BCUT2D eigenvalue weighted by atomic mass is 16.5. The number of urea groups is 2. The van der Waals surface area contributed by atoms with Crippen LogP contribution in [0, 0.1) is 20.8 Å². The first-order chi connectivity index (χ1) is 16.4. The standard InChI is InChI=1S/C27H26N4O3/c1-18-4-10-21(11-5-18)28-25(32)29-24-27(16-34-17-27)31(23-14-8-20(3)9-15-23)26(33)30(24)22-12-6-19(2)7-13-22/h4-15H,16-17H2,1-3H3,(H,28,32)/b29-24-. The van der Waals surface area contributed by atoms with Gasteiger partial charge in [-0.2, -0.15) is 4.99 Å². The smallest absolute Gasteiger partial charge is 0.347 e. The van der Waals surface area contributed by atoms with Crippen molar-refractivity contribution in [3.8, 4) is 0 Å². The van der Waals surface area contributed by atoms with Crippen LogP contribution in [0.25, 0.3) is 0 Å². The van der Waals surface area contributed by atoms with Gasteiger partial charge in [0.2, 0.25) is 0 Å². The maximum Gasteiger partial charge on any atom is 0.347 e. The Labute approximate surface area is 198 Å². The summed E-state index contributed by atoms with van der Waals surface area (Å²) in [7, 11) is 0. The van der Waals surface area contributed by atoms with Gasteiger partial charge in [-0.1, -0.05) is 53.1 Å². The maximum atomic E-state index is 13.9. The summed E-state index contributed by atoms with van der Waals surface area (Å²) in [6.07, 6.45) is 0. The molecule has 1 N–H and O–H groups in total. The van der Waals surface area contributed by atoms with Gasteiger partial charge in [-0.15, -0.1) is 0 Å². The number of ether oxygens (including phenoxy) is 1. The number of anilines is 3. The lowest BCUT2D eigenvalue weighted by Gasteiger charge is -2.43. The monoisotopic (exact) mass is 454 g/mol. The average Bonchev–Trinajstić information content (AvgIpc) is 3.05. The Morgan fingerprint density at radius 1 is 0.824 bits per heavy atom. The van der Waals surface area contributed by atoms with E-state index in [0.29, 0.717) is 17.2 Å². The number of amidine groups is 1. The zero-order chi connectivity index (χ0) is 23.9. The van der Waals surface area contributed by atoms with Crippen molar-refractivity contribution in [2.75, 3.05) is 28.3 Å². The fourth-order valence-electron chi connectivity index (χ4n) is 4.25. The molecule has 0 aromatic heterocycles. The fraction of sp³-hybridized carbons (Fsp3) is 0.222. The number of hydrogen-bond acceptors (Lipinski definition) is 3. The lowest BCUT2D eigenvalue weighted by molar-refractivity contribution is -0.0152. The molecule has 0 unspecified atom stereocenters. The van der Waals surface area contributed by atoms with Crippen LogP contribution in [-0.2, 0) is 4.74 Å². The molecular weight excluding hydrogens is 428 g/mol. The van der Waals surface area contributed by atoms with Crippen molar-refractivity contribution in [2.45, 2.75) is 26.3 Å². The highest BCUT2D eigenvalue weighted by molar-refractivity contribution is 6.34. The summed E-state index contributed by atoms with van der Waals surface area (Å²) >= 11 is 0. The summed E-state index contributed by atoms with van der Waals surface area (Å²) in [5, 5.41) is 2.82. The summed E-state index contributed by atoms with van der Waals surface area (Å²) in [5.74, 6) is 0.359. The van der Waals surface area contributed by atoms with Gasteiger partial charge in [-0.3, -0.25) is 4.90 Å². The van der Waals surface area contributed by atoms with Crippen LogP contribution in [0.2, 0.25) is 0 Å². The Kier molecular flexibility index (Phi) is 5.42. The third-order valence-electron chi connectivity index (χ3n) is 6.21. The predicted octanol–water partition coefficient (Wildman–Crippen LogP) is 5.46. The van der Waals surface area contributed by atoms with Gasteiger partial charge in [0.1, 0.15) is 0 Å². The molecule has 0 radical (unpaired) electrons. The molecule has 0 atom stereocenters. The van der Waals surface area contributed by atoms with E-state index in [1.807, 2.05) is 93.6 Å². The summed E-state index contributed by atoms with van der Waals surface area (Å²) in [6.45, 7) is 6.48. The second kappa shape index (κ2) is 8.43. The molecule has 34 heavy (non-hydrogen) atoms. The second-order valence-corrected chi connectivity index (χ2v) is 8.88.